The van der Waals surface area contributed by atoms with Crippen LogP contribution in [0.1, 0.15) is 59.8 Å². The standard InChI is InChI=1S/C17H35N3/c1-5-19(6-2)15-9-12-20(13-15)17(14-18)11-8-7-10-16(17,3)4/h15H,5-14,18H2,1-4H3. The summed E-state index contributed by atoms with van der Waals surface area (Å²) in [5.41, 5.74) is 6.93. The van der Waals surface area contributed by atoms with E-state index in [4.69, 9.17) is 5.73 Å². The highest BCUT2D eigenvalue weighted by Crippen LogP contribution is 2.48. The minimum absolute atomic E-state index is 0.243. The third-order valence-corrected chi connectivity index (χ3v) is 6.34. The summed E-state index contributed by atoms with van der Waals surface area (Å²) < 4.78 is 0. The molecule has 3 nitrogen and oxygen atoms in total. The minimum atomic E-state index is 0.243. The summed E-state index contributed by atoms with van der Waals surface area (Å²) in [5, 5.41) is 0. The van der Waals surface area contributed by atoms with E-state index in [0.717, 1.165) is 12.6 Å². The number of rotatable bonds is 5. The first-order valence-electron chi connectivity index (χ1n) is 8.70. The topological polar surface area (TPSA) is 32.5 Å². The van der Waals surface area contributed by atoms with Crippen LogP contribution in [-0.4, -0.2) is 54.1 Å². The number of hydrogen-bond donors (Lipinski definition) is 1. The first-order valence-corrected chi connectivity index (χ1v) is 8.70. The van der Waals surface area contributed by atoms with E-state index >= 15 is 0 Å². The molecule has 0 bridgehead atoms. The van der Waals surface area contributed by atoms with Gasteiger partial charge in [0.15, 0.2) is 0 Å². The molecule has 1 saturated heterocycles. The molecule has 2 N–H and O–H groups in total. The van der Waals surface area contributed by atoms with Gasteiger partial charge in [0.25, 0.3) is 0 Å². The Labute approximate surface area is 125 Å². The second-order valence-corrected chi connectivity index (χ2v) is 7.44. The molecule has 2 fully saturated rings. The maximum absolute atomic E-state index is 6.32. The van der Waals surface area contributed by atoms with Gasteiger partial charge >= 0.3 is 0 Å². The van der Waals surface area contributed by atoms with E-state index in [-0.39, 0.29) is 5.54 Å². The molecule has 1 aliphatic carbocycles. The maximum atomic E-state index is 6.32. The van der Waals surface area contributed by atoms with Crippen LogP contribution in [0, 0.1) is 5.41 Å². The van der Waals surface area contributed by atoms with Crippen LogP contribution in [0.5, 0.6) is 0 Å². The highest BCUT2D eigenvalue weighted by Gasteiger charge is 2.51. The van der Waals surface area contributed by atoms with Crippen molar-refractivity contribution in [3.05, 3.63) is 0 Å². The van der Waals surface area contributed by atoms with Crippen molar-refractivity contribution in [1.29, 1.82) is 0 Å². The monoisotopic (exact) mass is 281 g/mol. The van der Waals surface area contributed by atoms with Gasteiger partial charge in [-0.15, -0.1) is 0 Å². The number of hydrogen-bond acceptors (Lipinski definition) is 3. The van der Waals surface area contributed by atoms with Crippen molar-refractivity contribution >= 4 is 0 Å². The molecule has 118 valence electrons. The SMILES string of the molecule is CCN(CC)C1CCN(C2(CN)CCCCC2(C)C)C1. The van der Waals surface area contributed by atoms with Crippen LogP contribution in [0.4, 0.5) is 0 Å². The number of nitrogens with two attached hydrogens (primary N) is 1. The molecule has 0 radical (unpaired) electrons. The van der Waals surface area contributed by atoms with Gasteiger partial charge in [0.2, 0.25) is 0 Å². The van der Waals surface area contributed by atoms with Crippen molar-refractivity contribution in [1.82, 2.24) is 9.80 Å². The lowest BCUT2D eigenvalue weighted by Crippen LogP contribution is -2.63. The van der Waals surface area contributed by atoms with Gasteiger partial charge < -0.3 is 5.73 Å². The third-order valence-electron chi connectivity index (χ3n) is 6.34. The van der Waals surface area contributed by atoms with Crippen LogP contribution in [0.15, 0.2) is 0 Å². The van der Waals surface area contributed by atoms with E-state index in [1.807, 2.05) is 0 Å². The molecule has 0 spiro atoms. The molecule has 2 aliphatic rings. The summed E-state index contributed by atoms with van der Waals surface area (Å²) in [6, 6.07) is 0.742. The minimum Gasteiger partial charge on any atom is -0.329 e. The Morgan fingerprint density at radius 2 is 1.80 bits per heavy atom. The van der Waals surface area contributed by atoms with Crippen LogP contribution in [0.3, 0.4) is 0 Å². The highest BCUT2D eigenvalue weighted by atomic mass is 15.3. The lowest BCUT2D eigenvalue weighted by molar-refractivity contribution is -0.0339. The lowest BCUT2D eigenvalue weighted by atomic mass is 9.62. The molecule has 3 heteroatoms. The van der Waals surface area contributed by atoms with Crippen LogP contribution < -0.4 is 5.73 Å². The zero-order valence-corrected chi connectivity index (χ0v) is 14.1. The maximum Gasteiger partial charge on any atom is 0.0383 e. The van der Waals surface area contributed by atoms with Gasteiger partial charge in [-0.1, -0.05) is 40.5 Å². The molecule has 1 saturated carbocycles. The van der Waals surface area contributed by atoms with Gasteiger partial charge in [0.1, 0.15) is 0 Å². The van der Waals surface area contributed by atoms with Crippen LogP contribution in [-0.2, 0) is 0 Å². The Bertz CT molecular complexity index is 311. The van der Waals surface area contributed by atoms with E-state index in [1.54, 1.807) is 0 Å². The highest BCUT2D eigenvalue weighted by molar-refractivity contribution is 5.07. The summed E-state index contributed by atoms with van der Waals surface area (Å²) in [7, 11) is 0. The van der Waals surface area contributed by atoms with E-state index < -0.39 is 0 Å². The average Bonchev–Trinajstić information content (AvgIpc) is 2.90. The molecular formula is C17H35N3. The predicted molar refractivity (Wildman–Crippen MR) is 86.9 cm³/mol. The molecule has 2 rings (SSSR count). The Morgan fingerprint density at radius 1 is 1.15 bits per heavy atom. The zero-order valence-electron chi connectivity index (χ0n) is 14.1. The van der Waals surface area contributed by atoms with E-state index in [1.165, 1.54) is 58.3 Å². The summed E-state index contributed by atoms with van der Waals surface area (Å²) in [5.74, 6) is 0. The van der Waals surface area contributed by atoms with Crippen molar-refractivity contribution < 1.29 is 0 Å². The first-order chi connectivity index (χ1) is 9.50. The third kappa shape index (κ3) is 2.65. The van der Waals surface area contributed by atoms with Crippen molar-refractivity contribution in [2.45, 2.75) is 71.4 Å². The molecule has 20 heavy (non-hydrogen) atoms. The van der Waals surface area contributed by atoms with Crippen molar-refractivity contribution in [3.63, 3.8) is 0 Å². The van der Waals surface area contributed by atoms with Gasteiger partial charge in [-0.3, -0.25) is 9.80 Å². The Morgan fingerprint density at radius 3 is 2.35 bits per heavy atom. The Kier molecular flexibility index (Phi) is 5.14. The van der Waals surface area contributed by atoms with E-state index in [0.29, 0.717) is 5.41 Å². The summed E-state index contributed by atoms with van der Waals surface area (Å²) >= 11 is 0. The largest absolute Gasteiger partial charge is 0.329 e. The molecule has 0 amide bonds. The van der Waals surface area contributed by atoms with Gasteiger partial charge in [-0.2, -0.15) is 0 Å². The van der Waals surface area contributed by atoms with Gasteiger partial charge in [-0.05, 0) is 37.8 Å². The van der Waals surface area contributed by atoms with E-state index in [2.05, 4.69) is 37.5 Å². The van der Waals surface area contributed by atoms with Crippen molar-refractivity contribution in [2.75, 3.05) is 32.7 Å². The molecule has 1 heterocycles. The van der Waals surface area contributed by atoms with Gasteiger partial charge in [-0.25, -0.2) is 0 Å². The molecular weight excluding hydrogens is 246 g/mol. The average molecular weight is 281 g/mol. The fourth-order valence-electron chi connectivity index (χ4n) is 4.82. The van der Waals surface area contributed by atoms with Crippen LogP contribution >= 0.6 is 0 Å². The first kappa shape index (κ1) is 16.3. The lowest BCUT2D eigenvalue weighted by Gasteiger charge is -2.55. The fraction of sp³-hybridized carbons (Fsp3) is 1.00. The zero-order chi connectivity index (χ0) is 14.8. The molecule has 0 aromatic rings. The van der Waals surface area contributed by atoms with Gasteiger partial charge in [0.05, 0.1) is 0 Å². The van der Waals surface area contributed by atoms with Crippen LogP contribution in [0.2, 0.25) is 0 Å². The number of likely N-dealkylation sites (tertiary alicyclic amines) is 1. The van der Waals surface area contributed by atoms with Crippen molar-refractivity contribution in [3.8, 4) is 0 Å². The smallest absolute Gasteiger partial charge is 0.0383 e. The number of nitrogens with zero attached hydrogens (tertiary/aromatic N) is 2. The Balaban J connectivity index is 2.13. The van der Waals surface area contributed by atoms with Gasteiger partial charge in [0, 0.05) is 31.2 Å². The summed E-state index contributed by atoms with van der Waals surface area (Å²) in [6.45, 7) is 15.1. The molecule has 0 aromatic heterocycles. The molecule has 2 atom stereocenters. The second kappa shape index (κ2) is 6.33. The van der Waals surface area contributed by atoms with Crippen molar-refractivity contribution in [2.24, 2.45) is 11.1 Å². The van der Waals surface area contributed by atoms with E-state index in [9.17, 15) is 0 Å². The number of likely N-dealkylation sites (N-methyl/N-ethyl adjacent to an activating group) is 1. The Hall–Kier alpha value is -0.120. The van der Waals surface area contributed by atoms with Crippen LogP contribution in [0.25, 0.3) is 0 Å². The summed E-state index contributed by atoms with van der Waals surface area (Å²) in [4.78, 5) is 5.38. The molecule has 1 aliphatic heterocycles. The quantitative estimate of drug-likeness (QED) is 0.841. The predicted octanol–water partition coefficient (Wildman–Crippen LogP) is 2.70. The fourth-order valence-corrected chi connectivity index (χ4v) is 4.82. The normalized spacial score (nSPS) is 34.8. The second-order valence-electron chi connectivity index (χ2n) is 7.44. The molecule has 0 aromatic carbocycles. The molecule has 2 unspecified atom stereocenters. The summed E-state index contributed by atoms with van der Waals surface area (Å²) in [6.07, 6.45) is 6.67.